The van der Waals surface area contributed by atoms with Gasteiger partial charge in [0.25, 0.3) is 5.91 Å². The first-order valence-electron chi connectivity index (χ1n) is 11.6. The number of aromatic nitrogens is 4. The highest BCUT2D eigenvalue weighted by Crippen LogP contribution is 2.28. The van der Waals surface area contributed by atoms with Gasteiger partial charge >= 0.3 is 0 Å². The summed E-state index contributed by atoms with van der Waals surface area (Å²) in [4.78, 5) is 31.5. The molecule has 2 aliphatic heterocycles. The van der Waals surface area contributed by atoms with Gasteiger partial charge in [-0.1, -0.05) is 41.1 Å². The Morgan fingerprint density at radius 2 is 1.94 bits per heavy atom. The molecule has 0 spiro atoms. The van der Waals surface area contributed by atoms with Crippen molar-refractivity contribution < 1.29 is 14.3 Å². The normalized spacial score (nSPS) is 18.4. The van der Waals surface area contributed by atoms with E-state index in [4.69, 9.17) is 4.74 Å². The van der Waals surface area contributed by atoms with Gasteiger partial charge in [0.15, 0.2) is 5.69 Å². The number of amides is 2. The number of aryl methyl sites for hydroxylation is 1. The Morgan fingerprint density at radius 1 is 1.15 bits per heavy atom. The second kappa shape index (κ2) is 9.72. The van der Waals surface area contributed by atoms with Crippen LogP contribution in [0.4, 0.5) is 0 Å². The number of hydrogen-bond acceptors (Lipinski definition) is 6. The summed E-state index contributed by atoms with van der Waals surface area (Å²) in [6.45, 7) is 4.36. The largest absolute Gasteiger partial charge is 0.365 e. The summed E-state index contributed by atoms with van der Waals surface area (Å²) in [7, 11) is 0. The predicted octanol–water partition coefficient (Wildman–Crippen LogP) is 2.42. The predicted molar refractivity (Wildman–Crippen MR) is 123 cm³/mol. The van der Waals surface area contributed by atoms with Crippen LogP contribution in [0.1, 0.15) is 51.8 Å². The Hall–Kier alpha value is -3.59. The molecule has 2 amide bonds. The summed E-state index contributed by atoms with van der Waals surface area (Å²) < 4.78 is 7.83. The van der Waals surface area contributed by atoms with Gasteiger partial charge in [-0.2, -0.15) is 0 Å². The lowest BCUT2D eigenvalue weighted by Gasteiger charge is -2.31. The number of ether oxygens (including phenoxy) is 1. The average molecular weight is 461 g/mol. The van der Waals surface area contributed by atoms with Crippen molar-refractivity contribution in [1.82, 2.24) is 30.2 Å². The number of rotatable bonds is 5. The van der Waals surface area contributed by atoms with E-state index in [0.717, 1.165) is 11.1 Å². The SMILES string of the molecule is Cc1ccc([C@@H]2Cn3nnc(C(=O)N4CCC(C(=O)NCc5cccnc5)CC4)c3CO2)cc1. The van der Waals surface area contributed by atoms with Crippen molar-refractivity contribution >= 4 is 11.8 Å². The minimum absolute atomic E-state index is 0.0209. The second-order valence-electron chi connectivity index (χ2n) is 8.92. The zero-order chi connectivity index (χ0) is 23.5. The molecular formula is C25H28N6O3. The molecule has 34 heavy (non-hydrogen) atoms. The van der Waals surface area contributed by atoms with Gasteiger partial charge < -0.3 is 15.0 Å². The first kappa shape index (κ1) is 22.2. The minimum atomic E-state index is -0.146. The first-order valence-corrected chi connectivity index (χ1v) is 11.6. The third-order valence-corrected chi connectivity index (χ3v) is 6.59. The molecule has 2 aromatic heterocycles. The lowest BCUT2D eigenvalue weighted by molar-refractivity contribution is -0.126. The molecule has 1 saturated heterocycles. The molecule has 176 valence electrons. The second-order valence-corrected chi connectivity index (χ2v) is 8.92. The van der Waals surface area contributed by atoms with Gasteiger partial charge in [0, 0.05) is 37.9 Å². The number of hydrogen-bond donors (Lipinski definition) is 1. The highest BCUT2D eigenvalue weighted by atomic mass is 16.5. The molecule has 1 atom stereocenters. The number of pyridine rings is 1. The van der Waals surface area contributed by atoms with Gasteiger partial charge in [-0.05, 0) is 37.0 Å². The zero-order valence-corrected chi connectivity index (χ0v) is 19.2. The van der Waals surface area contributed by atoms with Crippen LogP contribution in [0.15, 0.2) is 48.8 Å². The van der Waals surface area contributed by atoms with Gasteiger partial charge in [-0.25, -0.2) is 4.68 Å². The highest BCUT2D eigenvalue weighted by Gasteiger charge is 2.33. The number of carbonyl (C=O) groups is 2. The molecule has 0 unspecified atom stereocenters. The summed E-state index contributed by atoms with van der Waals surface area (Å²) in [5.41, 5.74) is 4.31. The van der Waals surface area contributed by atoms with Gasteiger partial charge in [0.2, 0.25) is 5.91 Å². The maximum atomic E-state index is 13.2. The van der Waals surface area contributed by atoms with Crippen LogP contribution in [-0.2, 0) is 29.2 Å². The third kappa shape index (κ3) is 4.70. The lowest BCUT2D eigenvalue weighted by Crippen LogP contribution is -2.43. The lowest BCUT2D eigenvalue weighted by atomic mass is 9.95. The fourth-order valence-corrected chi connectivity index (χ4v) is 4.49. The molecule has 4 heterocycles. The molecule has 1 N–H and O–H groups in total. The minimum Gasteiger partial charge on any atom is -0.365 e. The number of nitrogens with zero attached hydrogens (tertiary/aromatic N) is 5. The molecular weight excluding hydrogens is 432 g/mol. The molecule has 9 heteroatoms. The molecule has 0 bridgehead atoms. The zero-order valence-electron chi connectivity index (χ0n) is 19.2. The van der Waals surface area contributed by atoms with Crippen molar-refractivity contribution in [3.05, 3.63) is 76.9 Å². The van der Waals surface area contributed by atoms with Crippen LogP contribution in [0.2, 0.25) is 0 Å². The molecule has 5 rings (SSSR count). The Bertz CT molecular complexity index is 1150. The van der Waals surface area contributed by atoms with Crippen LogP contribution in [0.5, 0.6) is 0 Å². The third-order valence-electron chi connectivity index (χ3n) is 6.59. The van der Waals surface area contributed by atoms with Gasteiger partial charge in [-0.15, -0.1) is 5.10 Å². The van der Waals surface area contributed by atoms with Crippen molar-refractivity contribution in [3.63, 3.8) is 0 Å². The molecule has 3 aromatic rings. The van der Waals surface area contributed by atoms with Gasteiger partial charge in [0.05, 0.1) is 18.8 Å². The number of likely N-dealkylation sites (tertiary alicyclic amines) is 1. The summed E-state index contributed by atoms with van der Waals surface area (Å²) in [6.07, 6.45) is 4.59. The van der Waals surface area contributed by atoms with Crippen molar-refractivity contribution in [2.24, 2.45) is 5.92 Å². The summed E-state index contributed by atoms with van der Waals surface area (Å²) in [5.74, 6) is -0.228. The smallest absolute Gasteiger partial charge is 0.276 e. The fourth-order valence-electron chi connectivity index (χ4n) is 4.49. The van der Waals surface area contributed by atoms with E-state index in [1.54, 1.807) is 22.0 Å². The Kier molecular flexibility index (Phi) is 6.35. The van der Waals surface area contributed by atoms with E-state index < -0.39 is 0 Å². The van der Waals surface area contributed by atoms with E-state index in [-0.39, 0.29) is 23.8 Å². The molecule has 1 fully saturated rings. The van der Waals surface area contributed by atoms with Crippen LogP contribution in [-0.4, -0.2) is 49.8 Å². The van der Waals surface area contributed by atoms with Crippen LogP contribution in [0.25, 0.3) is 0 Å². The quantitative estimate of drug-likeness (QED) is 0.627. The molecule has 1 aromatic carbocycles. The number of carbonyl (C=O) groups excluding carboxylic acids is 2. The molecule has 0 saturated carbocycles. The van der Waals surface area contributed by atoms with Crippen molar-refractivity contribution in [2.75, 3.05) is 13.1 Å². The van der Waals surface area contributed by atoms with Crippen LogP contribution in [0.3, 0.4) is 0 Å². The van der Waals surface area contributed by atoms with Crippen LogP contribution < -0.4 is 5.32 Å². The fraction of sp³-hybridized carbons (Fsp3) is 0.400. The maximum absolute atomic E-state index is 13.2. The van der Waals surface area contributed by atoms with E-state index >= 15 is 0 Å². The Labute approximate surface area is 198 Å². The number of nitrogens with one attached hydrogen (secondary N) is 1. The Balaban J connectivity index is 1.16. The molecule has 0 aliphatic carbocycles. The van der Waals surface area contributed by atoms with E-state index in [1.807, 2.05) is 12.1 Å². The molecule has 0 radical (unpaired) electrons. The van der Waals surface area contributed by atoms with Gasteiger partial charge in [-0.3, -0.25) is 14.6 Å². The standard InChI is InChI=1S/C25H28N6O3/c1-17-4-6-19(7-5-17)22-15-31-21(16-34-22)23(28-29-31)25(33)30-11-8-20(9-12-30)24(32)27-14-18-3-2-10-26-13-18/h2-7,10,13,20,22H,8-9,11-12,14-16H2,1H3,(H,27,32)/t22-/m0/s1. The van der Waals surface area contributed by atoms with E-state index in [1.165, 1.54) is 5.56 Å². The Morgan fingerprint density at radius 3 is 2.68 bits per heavy atom. The number of piperidine rings is 1. The van der Waals surface area contributed by atoms with Crippen LogP contribution in [0, 0.1) is 12.8 Å². The van der Waals surface area contributed by atoms with Crippen LogP contribution >= 0.6 is 0 Å². The van der Waals surface area contributed by atoms with Gasteiger partial charge in [0.1, 0.15) is 6.10 Å². The van der Waals surface area contributed by atoms with E-state index in [9.17, 15) is 9.59 Å². The van der Waals surface area contributed by atoms with Crippen molar-refractivity contribution in [1.29, 1.82) is 0 Å². The highest BCUT2D eigenvalue weighted by molar-refractivity contribution is 5.93. The van der Waals surface area contributed by atoms with Crippen molar-refractivity contribution in [2.45, 2.75) is 45.6 Å². The molecule has 9 nitrogen and oxygen atoms in total. The van der Waals surface area contributed by atoms with Crippen molar-refractivity contribution in [3.8, 4) is 0 Å². The monoisotopic (exact) mass is 460 g/mol. The summed E-state index contributed by atoms with van der Waals surface area (Å²) >= 11 is 0. The van der Waals surface area contributed by atoms with E-state index in [0.29, 0.717) is 57.0 Å². The number of fused-ring (bicyclic) bond motifs is 1. The average Bonchev–Trinajstić information content (AvgIpc) is 3.31. The van der Waals surface area contributed by atoms with E-state index in [2.05, 4.69) is 51.8 Å². The topological polar surface area (TPSA) is 102 Å². The number of benzene rings is 1. The summed E-state index contributed by atoms with van der Waals surface area (Å²) in [6, 6.07) is 12.0. The first-order chi connectivity index (χ1) is 16.6. The maximum Gasteiger partial charge on any atom is 0.276 e. The summed E-state index contributed by atoms with van der Waals surface area (Å²) in [5, 5.41) is 11.4. The molecule has 2 aliphatic rings.